The number of nitro groups is 1. The molecule has 0 saturated carbocycles. The molecule has 6 nitrogen and oxygen atoms in total. The molecule has 1 rings (SSSR count). The Morgan fingerprint density at radius 2 is 1.87 bits per heavy atom. The Hall–Kier alpha value is -2.11. The van der Waals surface area contributed by atoms with Gasteiger partial charge in [0.05, 0.1) is 4.92 Å². The van der Waals surface area contributed by atoms with Gasteiger partial charge in [0.15, 0.2) is 5.84 Å². The third-order valence-corrected chi connectivity index (χ3v) is 1.48. The van der Waals surface area contributed by atoms with Crippen LogP contribution in [0.2, 0.25) is 0 Å². The molecule has 3 N–H and O–H groups in total. The lowest BCUT2D eigenvalue weighted by Crippen LogP contribution is -2.12. The van der Waals surface area contributed by atoms with Gasteiger partial charge in [-0.2, -0.15) is 0 Å². The van der Waals surface area contributed by atoms with Crippen molar-refractivity contribution in [3.8, 4) is 0 Å². The van der Waals surface area contributed by atoms with E-state index in [1.54, 1.807) is 0 Å². The number of nitrogens with zero attached hydrogens (tertiary/aromatic N) is 2. The Labute approximate surface area is 87.2 Å². The Balaban J connectivity index is 0.000000921. The largest absolute Gasteiger partial charge is 0.409 e. The molecular weight excluding hydrogens is 198 g/mol. The number of benzene rings is 1. The van der Waals surface area contributed by atoms with Crippen LogP contribution < -0.4 is 5.73 Å². The summed E-state index contributed by atoms with van der Waals surface area (Å²) in [7, 11) is 0. The molecule has 0 aliphatic heterocycles. The van der Waals surface area contributed by atoms with Gasteiger partial charge in [0.1, 0.15) is 0 Å². The first-order valence-electron chi connectivity index (χ1n) is 4.37. The predicted octanol–water partition coefficient (Wildman–Crippen LogP) is 1.72. The molecule has 0 unspecified atom stereocenters. The molecule has 6 heteroatoms. The highest BCUT2D eigenvalue weighted by Crippen LogP contribution is 2.11. The van der Waals surface area contributed by atoms with E-state index in [4.69, 9.17) is 10.9 Å². The maximum atomic E-state index is 10.2. The number of rotatable bonds is 2. The fourth-order valence-corrected chi connectivity index (χ4v) is 0.812. The highest BCUT2D eigenvalue weighted by molar-refractivity contribution is 5.97. The van der Waals surface area contributed by atoms with Crippen LogP contribution in [0.5, 0.6) is 0 Å². The van der Waals surface area contributed by atoms with E-state index in [2.05, 4.69) is 5.16 Å². The zero-order chi connectivity index (χ0) is 11.8. The molecule has 0 aliphatic carbocycles. The molecule has 1 aromatic carbocycles. The first-order valence-corrected chi connectivity index (χ1v) is 4.37. The van der Waals surface area contributed by atoms with Crippen LogP contribution >= 0.6 is 0 Å². The molecule has 1 aromatic rings. The van der Waals surface area contributed by atoms with E-state index in [0.29, 0.717) is 5.56 Å². The summed E-state index contributed by atoms with van der Waals surface area (Å²) in [5.74, 6) is -0.0742. The van der Waals surface area contributed by atoms with Gasteiger partial charge in [0.25, 0.3) is 5.69 Å². The molecule has 0 saturated heterocycles. The lowest BCUT2D eigenvalue weighted by molar-refractivity contribution is -0.384. The highest BCUT2D eigenvalue weighted by atomic mass is 16.6. The van der Waals surface area contributed by atoms with Crippen LogP contribution in [0.4, 0.5) is 5.69 Å². The number of non-ortho nitro benzene ring substituents is 1. The second-order valence-corrected chi connectivity index (χ2v) is 2.29. The van der Waals surface area contributed by atoms with Gasteiger partial charge in [-0.25, -0.2) is 0 Å². The van der Waals surface area contributed by atoms with E-state index in [1.807, 2.05) is 13.8 Å². The Morgan fingerprint density at radius 3 is 2.20 bits per heavy atom. The molecule has 0 fully saturated rings. The minimum atomic E-state index is -0.518. The maximum absolute atomic E-state index is 10.2. The molecule has 0 atom stereocenters. The predicted molar refractivity (Wildman–Crippen MR) is 57.0 cm³/mol. The Bertz CT molecular complexity index is 346. The third-order valence-electron chi connectivity index (χ3n) is 1.48. The summed E-state index contributed by atoms with van der Waals surface area (Å²) in [4.78, 5) is 9.73. The average Bonchev–Trinajstić information content (AvgIpc) is 2.31. The molecule has 0 bridgehead atoms. The van der Waals surface area contributed by atoms with E-state index in [-0.39, 0.29) is 11.5 Å². The van der Waals surface area contributed by atoms with Crippen LogP contribution in [0.15, 0.2) is 29.4 Å². The minimum Gasteiger partial charge on any atom is -0.409 e. The first kappa shape index (κ1) is 12.9. The van der Waals surface area contributed by atoms with Crippen molar-refractivity contribution in [2.45, 2.75) is 13.8 Å². The summed E-state index contributed by atoms with van der Waals surface area (Å²) in [6, 6.07) is 5.39. The van der Waals surface area contributed by atoms with Crippen LogP contribution in [-0.4, -0.2) is 16.0 Å². The van der Waals surface area contributed by atoms with Crippen molar-refractivity contribution >= 4 is 11.5 Å². The number of nitrogens with two attached hydrogens (primary N) is 1. The number of oxime groups is 1. The number of hydrogen-bond donors (Lipinski definition) is 2. The first-order chi connectivity index (χ1) is 7.15. The van der Waals surface area contributed by atoms with Gasteiger partial charge in [-0.3, -0.25) is 10.1 Å². The van der Waals surface area contributed by atoms with Gasteiger partial charge >= 0.3 is 0 Å². The van der Waals surface area contributed by atoms with Crippen LogP contribution in [0.25, 0.3) is 0 Å². The summed E-state index contributed by atoms with van der Waals surface area (Å²) < 4.78 is 0. The molecule has 0 amide bonds. The van der Waals surface area contributed by atoms with Gasteiger partial charge < -0.3 is 10.9 Å². The summed E-state index contributed by atoms with van der Waals surface area (Å²) >= 11 is 0. The van der Waals surface area contributed by atoms with Crippen LogP contribution in [0.3, 0.4) is 0 Å². The van der Waals surface area contributed by atoms with E-state index in [1.165, 1.54) is 24.3 Å². The fraction of sp³-hybridized carbons (Fsp3) is 0.222. The molecular formula is C9H13N3O3. The molecule has 0 radical (unpaired) electrons. The summed E-state index contributed by atoms with van der Waals surface area (Å²) in [5.41, 5.74) is 5.66. The van der Waals surface area contributed by atoms with Gasteiger partial charge in [-0.1, -0.05) is 19.0 Å². The maximum Gasteiger partial charge on any atom is 0.269 e. The number of hydrogen-bond acceptors (Lipinski definition) is 4. The quantitative estimate of drug-likeness (QED) is 0.255. The zero-order valence-corrected chi connectivity index (χ0v) is 8.54. The van der Waals surface area contributed by atoms with Crippen molar-refractivity contribution in [2.24, 2.45) is 10.9 Å². The Kier molecular flexibility index (Phi) is 5.47. The van der Waals surface area contributed by atoms with E-state index >= 15 is 0 Å². The minimum absolute atomic E-state index is 0.0329. The van der Waals surface area contributed by atoms with Crippen molar-refractivity contribution < 1.29 is 10.1 Å². The Morgan fingerprint density at radius 1 is 1.40 bits per heavy atom. The number of nitro benzene ring substituents is 1. The monoisotopic (exact) mass is 211 g/mol. The van der Waals surface area contributed by atoms with Crippen molar-refractivity contribution in [3.63, 3.8) is 0 Å². The van der Waals surface area contributed by atoms with Gasteiger partial charge in [-0.15, -0.1) is 0 Å². The van der Waals surface area contributed by atoms with Gasteiger partial charge in [0.2, 0.25) is 0 Å². The second-order valence-electron chi connectivity index (χ2n) is 2.29. The molecule has 0 spiro atoms. The summed E-state index contributed by atoms with van der Waals surface area (Å²) in [6.07, 6.45) is 0. The van der Waals surface area contributed by atoms with Crippen LogP contribution in [-0.2, 0) is 0 Å². The van der Waals surface area contributed by atoms with Crippen molar-refractivity contribution in [3.05, 3.63) is 39.9 Å². The smallest absolute Gasteiger partial charge is 0.269 e. The normalized spacial score (nSPS) is 10.1. The topological polar surface area (TPSA) is 102 Å². The van der Waals surface area contributed by atoms with E-state index in [0.717, 1.165) is 0 Å². The molecule has 15 heavy (non-hydrogen) atoms. The van der Waals surface area contributed by atoms with Crippen LogP contribution in [0, 0.1) is 10.1 Å². The second kappa shape index (κ2) is 6.36. The standard InChI is InChI=1S/C7H7N3O3.C2H6/c8-7(9-11)5-1-3-6(4-2-5)10(12)13;1-2/h1-4,11H,(H2,8,9);1-2H3. The fourth-order valence-electron chi connectivity index (χ4n) is 0.812. The summed E-state index contributed by atoms with van der Waals surface area (Å²) in [5, 5.41) is 21.3. The van der Waals surface area contributed by atoms with Crippen LogP contribution in [0.1, 0.15) is 19.4 Å². The van der Waals surface area contributed by atoms with Crippen molar-refractivity contribution in [2.75, 3.05) is 0 Å². The van der Waals surface area contributed by atoms with Crippen molar-refractivity contribution in [1.82, 2.24) is 0 Å². The lowest BCUT2D eigenvalue weighted by atomic mass is 10.2. The molecule has 0 aromatic heterocycles. The summed E-state index contributed by atoms with van der Waals surface area (Å²) in [6.45, 7) is 4.00. The van der Waals surface area contributed by atoms with E-state index < -0.39 is 4.92 Å². The van der Waals surface area contributed by atoms with Crippen molar-refractivity contribution in [1.29, 1.82) is 0 Å². The molecule has 0 heterocycles. The zero-order valence-electron chi connectivity index (χ0n) is 8.54. The third kappa shape index (κ3) is 3.63. The lowest BCUT2D eigenvalue weighted by Gasteiger charge is -1.96. The average molecular weight is 211 g/mol. The SMILES string of the molecule is CC.N/C(=N/O)c1ccc([N+](=O)[O-])cc1. The molecule has 82 valence electrons. The molecule has 0 aliphatic rings. The van der Waals surface area contributed by atoms with E-state index in [9.17, 15) is 10.1 Å². The van der Waals surface area contributed by atoms with Gasteiger partial charge in [0, 0.05) is 17.7 Å². The van der Waals surface area contributed by atoms with Gasteiger partial charge in [-0.05, 0) is 12.1 Å². The number of amidine groups is 1. The highest BCUT2D eigenvalue weighted by Gasteiger charge is 2.05.